The van der Waals surface area contributed by atoms with Crippen molar-refractivity contribution in [2.75, 3.05) is 25.9 Å². The van der Waals surface area contributed by atoms with Crippen molar-refractivity contribution in [3.8, 4) is 0 Å². The van der Waals surface area contributed by atoms with Crippen molar-refractivity contribution in [3.05, 3.63) is 59.9 Å². The lowest BCUT2D eigenvalue weighted by Crippen LogP contribution is -2.37. The lowest BCUT2D eigenvalue weighted by atomic mass is 9.99. The van der Waals surface area contributed by atoms with Crippen molar-refractivity contribution >= 4 is 53.6 Å². The summed E-state index contributed by atoms with van der Waals surface area (Å²) in [6, 6.07) is 16.9. The Morgan fingerprint density at radius 1 is 1.21 bits per heavy atom. The predicted molar refractivity (Wildman–Crippen MR) is 142 cm³/mol. The summed E-state index contributed by atoms with van der Waals surface area (Å²) in [5, 5.41) is 0. The van der Waals surface area contributed by atoms with Gasteiger partial charge in [-0.25, -0.2) is 4.98 Å². The highest BCUT2D eigenvalue weighted by Crippen LogP contribution is 2.31. The average Bonchev–Trinajstić information content (AvgIpc) is 3.20. The van der Waals surface area contributed by atoms with Crippen LogP contribution in [0, 0.1) is 0 Å². The molecule has 0 spiro atoms. The van der Waals surface area contributed by atoms with E-state index in [9.17, 15) is 0 Å². The van der Waals surface area contributed by atoms with Crippen LogP contribution in [-0.2, 0) is 11.3 Å². The second-order valence-electron chi connectivity index (χ2n) is 7.90. The molecule has 4 rings (SSSR count). The van der Waals surface area contributed by atoms with Gasteiger partial charge in [-0.2, -0.15) is 0 Å². The summed E-state index contributed by atoms with van der Waals surface area (Å²) < 4.78 is 6.32. The zero-order valence-electron chi connectivity index (χ0n) is 18.6. The van der Waals surface area contributed by atoms with Gasteiger partial charge >= 0.3 is 0 Å². The van der Waals surface area contributed by atoms with Gasteiger partial charge in [0.25, 0.3) is 0 Å². The topological polar surface area (TPSA) is 106 Å². The number of nitrogens with one attached hydrogen (secondary N) is 1. The van der Waals surface area contributed by atoms with E-state index in [1.165, 1.54) is 10.5 Å². The van der Waals surface area contributed by atoms with Crippen LogP contribution in [0.5, 0.6) is 0 Å². The maximum absolute atomic E-state index is 6.32. The molecule has 0 aliphatic carbocycles. The lowest BCUT2D eigenvalue weighted by Gasteiger charge is -2.35. The van der Waals surface area contributed by atoms with Gasteiger partial charge in [-0.1, -0.05) is 24.3 Å². The number of guanidine groups is 1. The summed E-state index contributed by atoms with van der Waals surface area (Å²) in [5.41, 5.74) is 14.0. The van der Waals surface area contributed by atoms with Crippen molar-refractivity contribution < 1.29 is 4.74 Å². The lowest BCUT2D eigenvalue weighted by molar-refractivity contribution is -0.0197. The third-order valence-corrected chi connectivity index (χ3v) is 6.56. The number of likely N-dealkylation sites (tertiary alicyclic amines) is 1. The second-order valence-corrected chi connectivity index (χ2v) is 9.06. The number of nitrogens with two attached hydrogens (primary N) is 2. The van der Waals surface area contributed by atoms with Gasteiger partial charge in [0, 0.05) is 17.2 Å². The van der Waals surface area contributed by atoms with E-state index in [0.717, 1.165) is 42.0 Å². The number of aromatic amines is 1. The number of benzene rings is 2. The molecule has 33 heavy (non-hydrogen) atoms. The fourth-order valence-electron chi connectivity index (χ4n) is 3.93. The molecule has 1 aliphatic heterocycles. The molecule has 3 aromatic rings. The molecule has 2 heterocycles. The standard InChI is InChI=1S/C23H30N6OS.2ClH/c1-29-11-9-17(14-21(29)22-27-19-7-2-3-8-20(19)28-22)30-15-16-5-4-6-18(13-16)31-12-10-26-23(24)25;;/h2-8,13,17,21H,9-12,14-15H2,1H3,(H,27,28)(H4,24,25,26);2*1H. The third-order valence-electron chi connectivity index (χ3n) is 5.58. The SMILES string of the molecule is CN1CCC(OCc2cccc(SCCN=C(N)N)c2)CC1c1nc2ccccc2[nH]1.Cl.Cl. The van der Waals surface area contributed by atoms with Gasteiger partial charge < -0.3 is 21.2 Å². The molecule has 0 saturated carbocycles. The Morgan fingerprint density at radius 2 is 2.03 bits per heavy atom. The molecule has 2 unspecified atom stereocenters. The predicted octanol–water partition coefficient (Wildman–Crippen LogP) is 4.12. The number of nitrogens with zero attached hydrogens (tertiary/aromatic N) is 3. The number of H-pyrrole nitrogens is 1. The molecule has 1 saturated heterocycles. The first-order chi connectivity index (χ1) is 15.1. The molecule has 1 aliphatic rings. The molecular weight excluding hydrogens is 479 g/mol. The largest absolute Gasteiger partial charge is 0.373 e. The van der Waals surface area contributed by atoms with Crippen LogP contribution < -0.4 is 11.5 Å². The van der Waals surface area contributed by atoms with E-state index in [2.05, 4.69) is 58.3 Å². The maximum Gasteiger partial charge on any atom is 0.185 e. The van der Waals surface area contributed by atoms with E-state index in [1.807, 2.05) is 12.1 Å². The first-order valence-electron chi connectivity index (χ1n) is 10.6. The number of hydrogen-bond donors (Lipinski definition) is 3. The molecule has 1 aromatic heterocycles. The van der Waals surface area contributed by atoms with Crippen LogP contribution >= 0.6 is 36.6 Å². The molecule has 180 valence electrons. The number of imidazole rings is 1. The van der Waals surface area contributed by atoms with Crippen molar-refractivity contribution in [1.82, 2.24) is 14.9 Å². The number of aliphatic imine (C=N–C) groups is 1. The van der Waals surface area contributed by atoms with Crippen LogP contribution in [0.15, 0.2) is 58.4 Å². The maximum atomic E-state index is 6.32. The molecular formula is C23H32Cl2N6OS. The molecule has 0 amide bonds. The minimum absolute atomic E-state index is 0. The van der Waals surface area contributed by atoms with Crippen molar-refractivity contribution in [1.29, 1.82) is 0 Å². The average molecular weight is 512 g/mol. The van der Waals surface area contributed by atoms with Crippen molar-refractivity contribution in [2.45, 2.75) is 36.5 Å². The Hall–Kier alpha value is -1.97. The van der Waals surface area contributed by atoms with Gasteiger partial charge in [0.15, 0.2) is 5.96 Å². The number of thioether (sulfide) groups is 1. The molecule has 1 fully saturated rings. The fourth-order valence-corrected chi connectivity index (χ4v) is 4.76. The van der Waals surface area contributed by atoms with Gasteiger partial charge in [-0.3, -0.25) is 9.89 Å². The first-order valence-corrected chi connectivity index (χ1v) is 11.6. The van der Waals surface area contributed by atoms with Gasteiger partial charge in [0.1, 0.15) is 5.82 Å². The van der Waals surface area contributed by atoms with E-state index < -0.39 is 0 Å². The highest BCUT2D eigenvalue weighted by atomic mass is 35.5. The number of ether oxygens (including phenoxy) is 1. The summed E-state index contributed by atoms with van der Waals surface area (Å²) in [5.74, 6) is 2.01. The quantitative estimate of drug-likeness (QED) is 0.182. The first kappa shape index (κ1) is 27.3. The van der Waals surface area contributed by atoms with Crippen LogP contribution in [-0.4, -0.2) is 52.8 Å². The van der Waals surface area contributed by atoms with E-state index in [0.29, 0.717) is 13.2 Å². The fraction of sp³-hybridized carbons (Fsp3) is 0.391. The summed E-state index contributed by atoms with van der Waals surface area (Å²) in [6.45, 7) is 2.23. The third kappa shape index (κ3) is 7.52. The van der Waals surface area contributed by atoms with Crippen molar-refractivity contribution in [3.63, 3.8) is 0 Å². The monoisotopic (exact) mass is 510 g/mol. The van der Waals surface area contributed by atoms with Crippen LogP contribution in [0.1, 0.15) is 30.3 Å². The Kier molecular flexibility index (Phi) is 10.8. The van der Waals surface area contributed by atoms with Crippen molar-refractivity contribution in [2.24, 2.45) is 16.5 Å². The number of para-hydroxylation sites is 2. The van der Waals surface area contributed by atoms with E-state index >= 15 is 0 Å². The van der Waals surface area contributed by atoms with Crippen LogP contribution in [0.4, 0.5) is 0 Å². The number of rotatable bonds is 8. The van der Waals surface area contributed by atoms with Crippen LogP contribution in [0.3, 0.4) is 0 Å². The summed E-state index contributed by atoms with van der Waals surface area (Å²) in [6.07, 6.45) is 2.18. The minimum atomic E-state index is 0. The number of piperidine rings is 1. The molecule has 2 atom stereocenters. The highest BCUT2D eigenvalue weighted by Gasteiger charge is 2.30. The molecule has 2 aromatic carbocycles. The molecule has 0 bridgehead atoms. The Morgan fingerprint density at radius 3 is 2.82 bits per heavy atom. The summed E-state index contributed by atoms with van der Waals surface area (Å²) in [4.78, 5) is 15.9. The Bertz CT molecular complexity index is 1010. The highest BCUT2D eigenvalue weighted by molar-refractivity contribution is 7.99. The zero-order chi connectivity index (χ0) is 21.6. The van der Waals surface area contributed by atoms with Gasteiger partial charge in [-0.15, -0.1) is 36.6 Å². The number of hydrogen-bond acceptors (Lipinski definition) is 5. The van der Waals surface area contributed by atoms with Gasteiger partial charge in [0.05, 0.1) is 36.3 Å². The Labute approximate surface area is 211 Å². The Balaban J connectivity index is 0.00000193. The second kappa shape index (κ2) is 13.1. The van der Waals surface area contributed by atoms with Crippen LogP contribution in [0.2, 0.25) is 0 Å². The number of aromatic nitrogens is 2. The van der Waals surface area contributed by atoms with Gasteiger partial charge in [0.2, 0.25) is 0 Å². The summed E-state index contributed by atoms with van der Waals surface area (Å²) >= 11 is 1.75. The molecule has 5 N–H and O–H groups in total. The molecule has 10 heteroatoms. The zero-order valence-corrected chi connectivity index (χ0v) is 21.1. The number of fused-ring (bicyclic) bond motifs is 1. The minimum Gasteiger partial charge on any atom is -0.373 e. The van der Waals surface area contributed by atoms with E-state index in [4.69, 9.17) is 21.2 Å². The summed E-state index contributed by atoms with van der Waals surface area (Å²) in [7, 11) is 2.16. The van der Waals surface area contributed by atoms with E-state index in [-0.39, 0.29) is 42.9 Å². The van der Waals surface area contributed by atoms with Crippen LogP contribution in [0.25, 0.3) is 11.0 Å². The normalized spacial score (nSPS) is 18.3. The molecule has 7 nitrogen and oxygen atoms in total. The number of halogens is 2. The smallest absolute Gasteiger partial charge is 0.185 e. The van der Waals surface area contributed by atoms with E-state index in [1.54, 1.807) is 11.8 Å². The molecule has 0 radical (unpaired) electrons. The van der Waals surface area contributed by atoms with Gasteiger partial charge in [-0.05, 0) is 49.7 Å².